The first-order valence-corrected chi connectivity index (χ1v) is 12.4. The lowest BCUT2D eigenvalue weighted by molar-refractivity contribution is -0.124. The molecule has 10 heteroatoms. The van der Waals surface area contributed by atoms with Crippen LogP contribution in [0.4, 0.5) is 0 Å². The van der Waals surface area contributed by atoms with Crippen molar-refractivity contribution in [3.8, 4) is 10.6 Å². The number of aryl methyl sites for hydroxylation is 2. The number of carbonyl (C=O) groups excluding carboxylic acids is 1. The number of nitrogens with one attached hydrogen (secondary N) is 1. The largest absolute Gasteiger partial charge is 0.360 e. The summed E-state index contributed by atoms with van der Waals surface area (Å²) < 4.78 is 32.5. The summed E-state index contributed by atoms with van der Waals surface area (Å²) in [6.07, 6.45) is 1.70. The second kappa shape index (κ2) is 8.89. The Morgan fingerprint density at radius 3 is 2.77 bits per heavy atom. The Balaban J connectivity index is 1.38. The highest BCUT2D eigenvalue weighted by atomic mass is 32.2. The summed E-state index contributed by atoms with van der Waals surface area (Å²) in [5.41, 5.74) is 2.27. The molecule has 0 saturated carbocycles. The lowest BCUT2D eigenvalue weighted by Crippen LogP contribution is -2.46. The van der Waals surface area contributed by atoms with E-state index in [0.717, 1.165) is 16.3 Å². The first-order valence-electron chi connectivity index (χ1n) is 10.1. The van der Waals surface area contributed by atoms with Crippen molar-refractivity contribution in [3.05, 3.63) is 52.9 Å². The topological polar surface area (TPSA) is 105 Å². The van der Waals surface area contributed by atoms with E-state index in [0.29, 0.717) is 38.0 Å². The normalized spacial score (nSPS) is 17.2. The molecule has 1 unspecified atom stereocenters. The Morgan fingerprint density at radius 1 is 1.29 bits per heavy atom. The Hall–Kier alpha value is -2.56. The van der Waals surface area contributed by atoms with Gasteiger partial charge in [-0.15, -0.1) is 11.3 Å². The minimum absolute atomic E-state index is 0.0584. The van der Waals surface area contributed by atoms with Crippen LogP contribution in [-0.4, -0.2) is 47.9 Å². The molecule has 1 N–H and O–H groups in total. The molecule has 3 aromatic rings. The summed E-state index contributed by atoms with van der Waals surface area (Å²) in [7, 11) is -3.85. The van der Waals surface area contributed by atoms with Gasteiger partial charge in [0.15, 0.2) is 5.76 Å². The first kappa shape index (κ1) is 21.7. The number of nitrogens with zero attached hydrogens (tertiary/aromatic N) is 3. The Labute approximate surface area is 185 Å². The van der Waals surface area contributed by atoms with E-state index in [-0.39, 0.29) is 16.6 Å². The van der Waals surface area contributed by atoms with Gasteiger partial charge in [-0.2, -0.15) is 4.31 Å². The molecule has 8 nitrogen and oxygen atoms in total. The maximum Gasteiger partial charge on any atom is 0.249 e. The van der Waals surface area contributed by atoms with Crippen molar-refractivity contribution in [1.29, 1.82) is 0 Å². The molecule has 1 amide bonds. The highest BCUT2D eigenvalue weighted by Crippen LogP contribution is 2.30. The number of hydrogen-bond donors (Lipinski definition) is 1. The van der Waals surface area contributed by atoms with E-state index < -0.39 is 16.1 Å². The van der Waals surface area contributed by atoms with Crippen LogP contribution >= 0.6 is 11.3 Å². The van der Waals surface area contributed by atoms with Crippen LogP contribution in [0.1, 0.15) is 30.0 Å². The zero-order valence-electron chi connectivity index (χ0n) is 17.4. The maximum atomic E-state index is 13.1. The van der Waals surface area contributed by atoms with Gasteiger partial charge in [0.1, 0.15) is 21.6 Å². The predicted octanol–water partition coefficient (Wildman–Crippen LogP) is 2.93. The second-order valence-corrected chi connectivity index (χ2v) is 10.2. The van der Waals surface area contributed by atoms with Gasteiger partial charge < -0.3 is 9.84 Å². The zero-order valence-corrected chi connectivity index (χ0v) is 19.0. The standard InChI is InChI=1S/C21H24N4O4S2/c1-14-19(15(2)29-24-14)31(27,28)25-12-6-9-18(25)20(26)22-11-10-17-13-30-21(23-17)16-7-4-3-5-8-16/h3-5,7-8,13,18H,6,9-12H2,1-2H3,(H,22,26). The molecule has 31 heavy (non-hydrogen) atoms. The Morgan fingerprint density at radius 2 is 2.06 bits per heavy atom. The minimum atomic E-state index is -3.85. The molecule has 0 bridgehead atoms. The lowest BCUT2D eigenvalue weighted by Gasteiger charge is -2.23. The molecule has 0 aliphatic carbocycles. The van der Waals surface area contributed by atoms with E-state index in [1.807, 2.05) is 35.7 Å². The second-order valence-electron chi connectivity index (χ2n) is 7.48. The third-order valence-electron chi connectivity index (χ3n) is 5.29. The maximum absolute atomic E-state index is 13.1. The molecule has 1 atom stereocenters. The molecule has 4 rings (SSSR count). The lowest BCUT2D eigenvalue weighted by atomic mass is 10.2. The first-order chi connectivity index (χ1) is 14.9. The van der Waals surface area contributed by atoms with E-state index in [2.05, 4.69) is 15.5 Å². The van der Waals surface area contributed by atoms with Gasteiger partial charge in [0.05, 0.1) is 5.69 Å². The number of sulfonamides is 1. The SMILES string of the molecule is Cc1noc(C)c1S(=O)(=O)N1CCCC1C(=O)NCCc1csc(-c2ccccc2)n1. The van der Waals surface area contributed by atoms with Crippen molar-refractivity contribution in [2.45, 2.75) is 44.0 Å². The highest BCUT2D eigenvalue weighted by molar-refractivity contribution is 7.89. The molecule has 3 heterocycles. The van der Waals surface area contributed by atoms with Crippen molar-refractivity contribution in [1.82, 2.24) is 19.8 Å². The molecule has 1 aliphatic rings. The summed E-state index contributed by atoms with van der Waals surface area (Å²) in [5, 5.41) is 9.55. The van der Waals surface area contributed by atoms with Crippen LogP contribution in [0.25, 0.3) is 10.6 Å². The van der Waals surface area contributed by atoms with E-state index in [4.69, 9.17) is 4.52 Å². The number of thiazole rings is 1. The quantitative estimate of drug-likeness (QED) is 0.581. The van der Waals surface area contributed by atoms with Crippen LogP contribution in [0.2, 0.25) is 0 Å². The molecule has 1 aromatic carbocycles. The van der Waals surface area contributed by atoms with Crippen LogP contribution in [0.3, 0.4) is 0 Å². The van der Waals surface area contributed by atoms with Gasteiger partial charge in [-0.3, -0.25) is 4.79 Å². The third-order valence-corrected chi connectivity index (χ3v) is 8.39. The number of carbonyl (C=O) groups is 1. The van der Waals surface area contributed by atoms with Crippen molar-refractivity contribution in [3.63, 3.8) is 0 Å². The van der Waals surface area contributed by atoms with Crippen LogP contribution in [-0.2, 0) is 21.2 Å². The number of amides is 1. The van der Waals surface area contributed by atoms with Gasteiger partial charge in [-0.05, 0) is 26.7 Å². The van der Waals surface area contributed by atoms with E-state index in [9.17, 15) is 13.2 Å². The summed E-state index contributed by atoms with van der Waals surface area (Å²) in [6, 6.07) is 9.21. The number of benzene rings is 1. The number of rotatable bonds is 7. The molecule has 1 aliphatic heterocycles. The average Bonchev–Trinajstić information content (AvgIpc) is 3.49. The van der Waals surface area contributed by atoms with Crippen molar-refractivity contribution in [2.75, 3.05) is 13.1 Å². The van der Waals surface area contributed by atoms with Gasteiger partial charge in [0, 0.05) is 30.5 Å². The van der Waals surface area contributed by atoms with Gasteiger partial charge in [0.2, 0.25) is 15.9 Å². The molecule has 2 aromatic heterocycles. The molecule has 0 spiro atoms. The summed E-state index contributed by atoms with van der Waals surface area (Å²) in [5.74, 6) is -0.0485. The number of hydrogen-bond acceptors (Lipinski definition) is 7. The molecule has 164 valence electrons. The smallest absolute Gasteiger partial charge is 0.249 e. The van der Waals surface area contributed by atoms with Crippen LogP contribution in [0.15, 0.2) is 45.1 Å². The van der Waals surface area contributed by atoms with E-state index >= 15 is 0 Å². The van der Waals surface area contributed by atoms with Gasteiger partial charge in [0.25, 0.3) is 0 Å². The van der Waals surface area contributed by atoms with Gasteiger partial charge in [-0.1, -0.05) is 35.5 Å². The fraction of sp³-hybridized carbons (Fsp3) is 0.381. The fourth-order valence-corrected chi connectivity index (χ4v) is 6.63. The third kappa shape index (κ3) is 4.41. The van der Waals surface area contributed by atoms with E-state index in [1.54, 1.807) is 25.2 Å². The average molecular weight is 461 g/mol. The number of aromatic nitrogens is 2. The Kier molecular flexibility index (Phi) is 6.22. The highest BCUT2D eigenvalue weighted by Gasteiger charge is 2.41. The molecule has 1 saturated heterocycles. The van der Waals surface area contributed by atoms with E-state index in [1.165, 1.54) is 4.31 Å². The fourth-order valence-electron chi connectivity index (χ4n) is 3.82. The van der Waals surface area contributed by atoms with Crippen molar-refractivity contribution < 1.29 is 17.7 Å². The van der Waals surface area contributed by atoms with Crippen LogP contribution in [0.5, 0.6) is 0 Å². The Bertz CT molecular complexity index is 1150. The molecule has 1 fully saturated rings. The minimum Gasteiger partial charge on any atom is -0.360 e. The molecular weight excluding hydrogens is 436 g/mol. The zero-order chi connectivity index (χ0) is 22.0. The molecule has 0 radical (unpaired) electrons. The molecular formula is C21H24N4O4S2. The summed E-state index contributed by atoms with van der Waals surface area (Å²) >= 11 is 1.57. The predicted molar refractivity (Wildman–Crippen MR) is 117 cm³/mol. The van der Waals surface area contributed by atoms with Crippen LogP contribution in [0, 0.1) is 13.8 Å². The van der Waals surface area contributed by atoms with Crippen molar-refractivity contribution >= 4 is 27.3 Å². The van der Waals surface area contributed by atoms with Gasteiger partial charge >= 0.3 is 0 Å². The monoisotopic (exact) mass is 460 g/mol. The summed E-state index contributed by atoms with van der Waals surface area (Å²) in [6.45, 7) is 3.85. The van der Waals surface area contributed by atoms with Gasteiger partial charge in [-0.25, -0.2) is 13.4 Å². The van der Waals surface area contributed by atoms with Crippen molar-refractivity contribution in [2.24, 2.45) is 0 Å². The van der Waals surface area contributed by atoms with Crippen LogP contribution < -0.4 is 5.32 Å². The summed E-state index contributed by atoms with van der Waals surface area (Å²) in [4.78, 5) is 17.5.